The summed E-state index contributed by atoms with van der Waals surface area (Å²) < 4.78 is 4.52. The number of nitrogens with one attached hydrogen (secondary N) is 1. The van der Waals surface area contributed by atoms with E-state index in [2.05, 4.69) is 14.7 Å². The number of esters is 1. The first-order valence-electron chi connectivity index (χ1n) is 4.80. The summed E-state index contributed by atoms with van der Waals surface area (Å²) >= 11 is 2.62. The zero-order valence-corrected chi connectivity index (χ0v) is 10.9. The summed E-state index contributed by atoms with van der Waals surface area (Å²) in [6.07, 6.45) is 0. The Morgan fingerprint density at radius 3 is 3.12 bits per heavy atom. The molecule has 5 nitrogen and oxygen atoms in total. The molecule has 17 heavy (non-hydrogen) atoms. The quantitative estimate of drug-likeness (QED) is 0.520. The zero-order valence-electron chi connectivity index (χ0n) is 9.27. The highest BCUT2D eigenvalue weighted by Gasteiger charge is 2.09. The zero-order chi connectivity index (χ0) is 12.4. The first-order valence-corrected chi connectivity index (χ1v) is 6.60. The van der Waals surface area contributed by atoms with Gasteiger partial charge in [-0.1, -0.05) is 11.8 Å². The second kappa shape index (κ2) is 4.89. The van der Waals surface area contributed by atoms with E-state index in [-0.39, 0.29) is 17.3 Å². The fourth-order valence-corrected chi connectivity index (χ4v) is 2.92. The van der Waals surface area contributed by atoms with E-state index in [1.807, 2.05) is 6.92 Å². The number of thiophene rings is 1. The van der Waals surface area contributed by atoms with E-state index in [4.69, 9.17) is 0 Å². The maximum atomic E-state index is 11.7. The number of rotatable bonds is 3. The number of aromatic amines is 1. The number of carbonyl (C=O) groups is 1. The highest BCUT2D eigenvalue weighted by molar-refractivity contribution is 7.99. The molecule has 0 saturated heterocycles. The lowest BCUT2D eigenvalue weighted by Crippen LogP contribution is -2.09. The van der Waals surface area contributed by atoms with Crippen LogP contribution < -0.4 is 5.56 Å². The molecule has 0 atom stereocenters. The molecule has 0 aliphatic heterocycles. The van der Waals surface area contributed by atoms with E-state index in [0.29, 0.717) is 15.4 Å². The smallest absolute Gasteiger partial charge is 0.316 e. The third-order valence-electron chi connectivity index (χ3n) is 2.06. The number of H-pyrrole nitrogens is 1. The first kappa shape index (κ1) is 12.1. The minimum absolute atomic E-state index is 0.134. The van der Waals surface area contributed by atoms with Gasteiger partial charge in [-0.15, -0.1) is 11.3 Å². The summed E-state index contributed by atoms with van der Waals surface area (Å²) in [5, 5.41) is 1.03. The molecule has 0 aromatic carbocycles. The molecule has 0 unspecified atom stereocenters. The Bertz CT molecular complexity index is 618. The van der Waals surface area contributed by atoms with Gasteiger partial charge in [-0.25, -0.2) is 4.98 Å². The molecule has 0 amide bonds. The summed E-state index contributed by atoms with van der Waals surface area (Å²) in [6, 6.07) is 1.81. The molecule has 90 valence electrons. The Labute approximate surface area is 105 Å². The van der Waals surface area contributed by atoms with E-state index in [1.54, 1.807) is 6.07 Å². The largest absolute Gasteiger partial charge is 0.468 e. The summed E-state index contributed by atoms with van der Waals surface area (Å²) in [5.41, 5.74) is -0.174. The molecule has 0 aliphatic carbocycles. The average Bonchev–Trinajstić information content (AvgIpc) is 2.67. The van der Waals surface area contributed by atoms with Crippen LogP contribution in [0.1, 0.15) is 4.88 Å². The van der Waals surface area contributed by atoms with E-state index in [9.17, 15) is 9.59 Å². The van der Waals surface area contributed by atoms with Gasteiger partial charge in [0.15, 0.2) is 5.16 Å². The van der Waals surface area contributed by atoms with Crippen molar-refractivity contribution < 1.29 is 9.53 Å². The Balaban J connectivity index is 2.30. The van der Waals surface area contributed by atoms with Gasteiger partial charge >= 0.3 is 5.97 Å². The van der Waals surface area contributed by atoms with Crippen LogP contribution in [0.3, 0.4) is 0 Å². The number of fused-ring (bicyclic) bond motifs is 1. The molecular formula is C10H10N2O3S2. The second-order valence-electron chi connectivity index (χ2n) is 3.31. The lowest BCUT2D eigenvalue weighted by atomic mass is 10.4. The predicted octanol–water partition coefficient (Wildman–Crippen LogP) is 1.56. The van der Waals surface area contributed by atoms with Crippen molar-refractivity contribution in [3.63, 3.8) is 0 Å². The molecule has 0 saturated carbocycles. The lowest BCUT2D eigenvalue weighted by Gasteiger charge is -1.99. The molecule has 2 aromatic heterocycles. The molecule has 2 heterocycles. The Morgan fingerprint density at radius 2 is 2.41 bits per heavy atom. The standard InChI is InChI=1S/C10H10N2O3S2/c1-5-3-6-8(14)11-10(12-9(6)17-5)16-4-7(13)15-2/h3H,4H2,1-2H3,(H,11,12,14). The van der Waals surface area contributed by atoms with Gasteiger partial charge in [-0.3, -0.25) is 9.59 Å². The molecule has 0 fully saturated rings. The van der Waals surface area contributed by atoms with Gasteiger partial charge in [0.25, 0.3) is 5.56 Å². The number of hydrogen-bond donors (Lipinski definition) is 1. The molecule has 0 radical (unpaired) electrons. The molecule has 2 aromatic rings. The maximum Gasteiger partial charge on any atom is 0.316 e. The van der Waals surface area contributed by atoms with Crippen molar-refractivity contribution >= 4 is 39.3 Å². The molecule has 1 N–H and O–H groups in total. The Kier molecular flexibility index (Phi) is 3.49. The number of aryl methyl sites for hydroxylation is 1. The van der Waals surface area contributed by atoms with Gasteiger partial charge in [0.2, 0.25) is 0 Å². The van der Waals surface area contributed by atoms with Crippen molar-refractivity contribution in [2.24, 2.45) is 0 Å². The van der Waals surface area contributed by atoms with Crippen LogP contribution in [0.4, 0.5) is 0 Å². The highest BCUT2D eigenvalue weighted by Crippen LogP contribution is 2.22. The normalized spacial score (nSPS) is 10.7. The van der Waals surface area contributed by atoms with Crippen LogP contribution in [0.25, 0.3) is 10.2 Å². The minimum atomic E-state index is -0.347. The summed E-state index contributed by atoms with van der Waals surface area (Å²) in [4.78, 5) is 31.3. The first-order chi connectivity index (χ1) is 8.10. The fraction of sp³-hybridized carbons (Fsp3) is 0.300. The fourth-order valence-electron chi connectivity index (χ4n) is 1.29. The van der Waals surface area contributed by atoms with Crippen LogP contribution in [0, 0.1) is 6.92 Å². The van der Waals surface area contributed by atoms with Gasteiger partial charge in [-0.2, -0.15) is 0 Å². The van der Waals surface area contributed by atoms with Crippen molar-refractivity contribution in [2.45, 2.75) is 12.1 Å². The molecule has 7 heteroatoms. The number of thioether (sulfide) groups is 1. The SMILES string of the molecule is COC(=O)CSc1nc2sc(C)cc2c(=O)[nH]1. The number of aromatic nitrogens is 2. The van der Waals surface area contributed by atoms with Crippen LogP contribution in [0.15, 0.2) is 16.0 Å². The second-order valence-corrected chi connectivity index (χ2v) is 5.51. The lowest BCUT2D eigenvalue weighted by molar-refractivity contribution is -0.137. The maximum absolute atomic E-state index is 11.7. The van der Waals surface area contributed by atoms with Crippen molar-refractivity contribution in [3.05, 3.63) is 21.3 Å². The third-order valence-corrected chi connectivity index (χ3v) is 3.85. The number of methoxy groups -OCH3 is 1. The molecule has 0 bridgehead atoms. The van der Waals surface area contributed by atoms with Crippen molar-refractivity contribution in [1.29, 1.82) is 0 Å². The molecule has 2 rings (SSSR count). The highest BCUT2D eigenvalue weighted by atomic mass is 32.2. The molecule has 0 spiro atoms. The Morgan fingerprint density at radius 1 is 1.65 bits per heavy atom. The third kappa shape index (κ3) is 2.67. The van der Waals surface area contributed by atoms with Gasteiger partial charge in [0.05, 0.1) is 18.2 Å². The number of ether oxygens (including phenoxy) is 1. The topological polar surface area (TPSA) is 72.0 Å². The van der Waals surface area contributed by atoms with Crippen LogP contribution >= 0.6 is 23.1 Å². The van der Waals surface area contributed by atoms with Crippen molar-refractivity contribution in [2.75, 3.05) is 12.9 Å². The van der Waals surface area contributed by atoms with Crippen LogP contribution in [0.2, 0.25) is 0 Å². The number of carbonyl (C=O) groups excluding carboxylic acids is 1. The van der Waals surface area contributed by atoms with Gasteiger partial charge in [0, 0.05) is 4.88 Å². The van der Waals surface area contributed by atoms with Crippen molar-refractivity contribution in [3.8, 4) is 0 Å². The van der Waals surface area contributed by atoms with E-state index in [1.165, 1.54) is 18.4 Å². The van der Waals surface area contributed by atoms with E-state index < -0.39 is 0 Å². The molecular weight excluding hydrogens is 260 g/mol. The molecule has 0 aliphatic rings. The van der Waals surface area contributed by atoms with Crippen LogP contribution in [0.5, 0.6) is 0 Å². The van der Waals surface area contributed by atoms with Gasteiger partial charge in [-0.05, 0) is 13.0 Å². The van der Waals surface area contributed by atoms with Crippen LogP contribution in [-0.2, 0) is 9.53 Å². The number of hydrogen-bond acceptors (Lipinski definition) is 6. The minimum Gasteiger partial charge on any atom is -0.468 e. The Hall–Kier alpha value is -1.34. The summed E-state index contributed by atoms with van der Waals surface area (Å²) in [6.45, 7) is 1.92. The predicted molar refractivity (Wildman–Crippen MR) is 67.7 cm³/mol. The van der Waals surface area contributed by atoms with Crippen LogP contribution in [-0.4, -0.2) is 28.8 Å². The average molecular weight is 270 g/mol. The summed E-state index contributed by atoms with van der Waals surface area (Å²) in [7, 11) is 1.32. The number of nitrogens with zero attached hydrogens (tertiary/aromatic N) is 1. The van der Waals surface area contributed by atoms with Crippen molar-refractivity contribution in [1.82, 2.24) is 9.97 Å². The van der Waals surface area contributed by atoms with E-state index in [0.717, 1.165) is 16.6 Å². The monoisotopic (exact) mass is 270 g/mol. The van der Waals surface area contributed by atoms with Gasteiger partial charge in [0.1, 0.15) is 4.83 Å². The van der Waals surface area contributed by atoms with Gasteiger partial charge < -0.3 is 9.72 Å². The summed E-state index contributed by atoms with van der Waals surface area (Å²) in [5.74, 6) is -0.213. The van der Waals surface area contributed by atoms with E-state index >= 15 is 0 Å².